The van der Waals surface area contributed by atoms with E-state index in [1.807, 2.05) is 7.05 Å². The fraction of sp³-hybridized carbons (Fsp3) is 0.615. The fourth-order valence-corrected chi connectivity index (χ4v) is 1.68. The SMILES string of the molecule is CN(CCOCC1CC1)Cc1ccc(C(=O)O)o1. The van der Waals surface area contributed by atoms with Crippen molar-refractivity contribution in [2.24, 2.45) is 5.92 Å². The Hall–Kier alpha value is -1.33. The van der Waals surface area contributed by atoms with Gasteiger partial charge in [-0.15, -0.1) is 0 Å². The maximum atomic E-state index is 10.7. The van der Waals surface area contributed by atoms with Crippen LogP contribution < -0.4 is 0 Å². The molecule has 100 valence electrons. The molecule has 1 N–H and O–H groups in total. The predicted molar refractivity (Wildman–Crippen MR) is 65.5 cm³/mol. The van der Waals surface area contributed by atoms with E-state index in [2.05, 4.69) is 4.90 Å². The van der Waals surface area contributed by atoms with E-state index in [0.717, 1.165) is 19.1 Å². The number of hydrogen-bond donors (Lipinski definition) is 1. The molecule has 1 saturated carbocycles. The minimum atomic E-state index is -1.03. The molecule has 0 saturated heterocycles. The molecule has 0 atom stereocenters. The third-order valence-electron chi connectivity index (χ3n) is 2.97. The molecule has 18 heavy (non-hydrogen) atoms. The second-order valence-corrected chi connectivity index (χ2v) is 4.83. The Balaban J connectivity index is 1.65. The summed E-state index contributed by atoms with van der Waals surface area (Å²) in [4.78, 5) is 12.7. The lowest BCUT2D eigenvalue weighted by atomic mass is 10.4. The Morgan fingerprint density at radius 2 is 2.33 bits per heavy atom. The molecule has 0 spiro atoms. The van der Waals surface area contributed by atoms with Crippen LogP contribution in [0.15, 0.2) is 16.5 Å². The van der Waals surface area contributed by atoms with Crippen molar-refractivity contribution in [3.8, 4) is 0 Å². The fourth-order valence-electron chi connectivity index (χ4n) is 1.68. The summed E-state index contributed by atoms with van der Waals surface area (Å²) in [6.07, 6.45) is 2.61. The average molecular weight is 253 g/mol. The van der Waals surface area contributed by atoms with Crippen molar-refractivity contribution in [3.05, 3.63) is 23.7 Å². The molecular formula is C13H19NO4. The van der Waals surface area contributed by atoms with Crippen LogP contribution in [0.5, 0.6) is 0 Å². The minimum absolute atomic E-state index is 0.0108. The van der Waals surface area contributed by atoms with Gasteiger partial charge >= 0.3 is 5.97 Å². The van der Waals surface area contributed by atoms with Gasteiger partial charge in [0.25, 0.3) is 0 Å². The summed E-state index contributed by atoms with van der Waals surface area (Å²) in [5.74, 6) is 0.413. The van der Waals surface area contributed by atoms with Gasteiger partial charge in [0.15, 0.2) is 0 Å². The van der Waals surface area contributed by atoms with Gasteiger partial charge in [0, 0.05) is 13.2 Å². The van der Waals surface area contributed by atoms with Crippen LogP contribution in [0.1, 0.15) is 29.2 Å². The summed E-state index contributed by atoms with van der Waals surface area (Å²) in [7, 11) is 1.96. The quantitative estimate of drug-likeness (QED) is 0.716. The molecular weight excluding hydrogens is 234 g/mol. The molecule has 0 aromatic carbocycles. The van der Waals surface area contributed by atoms with Crippen molar-refractivity contribution in [2.45, 2.75) is 19.4 Å². The first-order valence-electron chi connectivity index (χ1n) is 6.23. The van der Waals surface area contributed by atoms with Gasteiger partial charge in [0.05, 0.1) is 13.2 Å². The molecule has 2 rings (SSSR count). The van der Waals surface area contributed by atoms with Gasteiger partial charge in [0.1, 0.15) is 5.76 Å². The topological polar surface area (TPSA) is 62.9 Å². The molecule has 0 radical (unpaired) electrons. The number of furan rings is 1. The number of ether oxygens (including phenoxy) is 1. The number of carbonyl (C=O) groups is 1. The maximum Gasteiger partial charge on any atom is 0.371 e. The normalized spacial score (nSPS) is 15.2. The second kappa shape index (κ2) is 6.02. The minimum Gasteiger partial charge on any atom is -0.475 e. The van der Waals surface area contributed by atoms with Crippen LogP contribution in [-0.4, -0.2) is 42.8 Å². The van der Waals surface area contributed by atoms with E-state index in [-0.39, 0.29) is 5.76 Å². The van der Waals surface area contributed by atoms with Crippen LogP contribution in [0.4, 0.5) is 0 Å². The van der Waals surface area contributed by atoms with E-state index in [0.29, 0.717) is 18.9 Å². The van der Waals surface area contributed by atoms with E-state index >= 15 is 0 Å². The Bertz CT molecular complexity index is 397. The molecule has 1 fully saturated rings. The number of carboxylic acids is 1. The summed E-state index contributed by atoms with van der Waals surface area (Å²) >= 11 is 0. The van der Waals surface area contributed by atoms with Crippen LogP contribution in [0, 0.1) is 5.92 Å². The summed E-state index contributed by atoms with van der Waals surface area (Å²) < 4.78 is 10.7. The molecule has 1 aliphatic carbocycles. The zero-order valence-electron chi connectivity index (χ0n) is 10.6. The summed E-state index contributed by atoms with van der Waals surface area (Å²) in [6, 6.07) is 3.18. The first-order valence-corrected chi connectivity index (χ1v) is 6.23. The zero-order valence-corrected chi connectivity index (χ0v) is 10.6. The highest BCUT2D eigenvalue weighted by molar-refractivity contribution is 5.84. The van der Waals surface area contributed by atoms with E-state index in [1.54, 1.807) is 6.07 Å². The van der Waals surface area contributed by atoms with Gasteiger partial charge in [-0.2, -0.15) is 0 Å². The van der Waals surface area contributed by atoms with Crippen LogP contribution >= 0.6 is 0 Å². The van der Waals surface area contributed by atoms with Gasteiger partial charge < -0.3 is 14.3 Å². The number of aromatic carboxylic acids is 1. The van der Waals surface area contributed by atoms with E-state index in [4.69, 9.17) is 14.3 Å². The molecule has 1 heterocycles. The number of rotatable bonds is 8. The van der Waals surface area contributed by atoms with Crippen LogP contribution in [0.3, 0.4) is 0 Å². The summed E-state index contributed by atoms with van der Waals surface area (Å²) in [5.41, 5.74) is 0. The van der Waals surface area contributed by atoms with Gasteiger partial charge in [-0.1, -0.05) is 0 Å². The smallest absolute Gasteiger partial charge is 0.371 e. The Kier molecular flexibility index (Phi) is 4.38. The van der Waals surface area contributed by atoms with E-state index in [9.17, 15) is 4.79 Å². The molecule has 0 amide bonds. The molecule has 0 bridgehead atoms. The third kappa shape index (κ3) is 4.16. The van der Waals surface area contributed by atoms with Gasteiger partial charge in [-0.05, 0) is 37.9 Å². The number of nitrogens with zero attached hydrogens (tertiary/aromatic N) is 1. The highest BCUT2D eigenvalue weighted by Gasteiger charge is 2.21. The molecule has 1 aromatic rings. The van der Waals surface area contributed by atoms with E-state index in [1.165, 1.54) is 18.9 Å². The van der Waals surface area contributed by atoms with Gasteiger partial charge in [-0.25, -0.2) is 4.79 Å². The Morgan fingerprint density at radius 1 is 1.56 bits per heavy atom. The lowest BCUT2D eigenvalue weighted by Gasteiger charge is -2.14. The van der Waals surface area contributed by atoms with Crippen molar-refractivity contribution < 1.29 is 19.1 Å². The van der Waals surface area contributed by atoms with Crippen molar-refractivity contribution in [3.63, 3.8) is 0 Å². The maximum absolute atomic E-state index is 10.7. The first kappa shape index (κ1) is 13.1. The Labute approximate surface area is 106 Å². The number of likely N-dealkylation sites (N-methyl/N-ethyl adjacent to an activating group) is 1. The van der Waals surface area contributed by atoms with E-state index < -0.39 is 5.97 Å². The zero-order chi connectivity index (χ0) is 13.0. The van der Waals surface area contributed by atoms with Crippen LogP contribution in [-0.2, 0) is 11.3 Å². The lowest BCUT2D eigenvalue weighted by Crippen LogP contribution is -2.22. The molecule has 5 heteroatoms. The van der Waals surface area contributed by atoms with Crippen molar-refractivity contribution in [1.29, 1.82) is 0 Å². The standard InChI is InChI=1S/C13H19NO4/c1-14(6-7-17-9-10-2-3-10)8-11-4-5-12(18-11)13(15)16/h4-5,10H,2-3,6-9H2,1H3,(H,15,16). The predicted octanol–water partition coefficient (Wildman–Crippen LogP) is 1.84. The number of hydrogen-bond acceptors (Lipinski definition) is 4. The second-order valence-electron chi connectivity index (χ2n) is 4.83. The van der Waals surface area contributed by atoms with Gasteiger partial charge in [-0.3, -0.25) is 4.90 Å². The molecule has 1 aromatic heterocycles. The number of carboxylic acid groups (broad SMARTS) is 1. The monoisotopic (exact) mass is 253 g/mol. The molecule has 0 unspecified atom stereocenters. The van der Waals surface area contributed by atoms with Crippen LogP contribution in [0.25, 0.3) is 0 Å². The van der Waals surface area contributed by atoms with Crippen molar-refractivity contribution in [2.75, 3.05) is 26.8 Å². The molecule has 5 nitrogen and oxygen atoms in total. The summed E-state index contributed by atoms with van der Waals surface area (Å²) in [5, 5.41) is 8.74. The molecule has 0 aliphatic heterocycles. The molecule has 1 aliphatic rings. The largest absolute Gasteiger partial charge is 0.475 e. The van der Waals surface area contributed by atoms with Crippen molar-refractivity contribution in [1.82, 2.24) is 4.90 Å². The third-order valence-corrected chi connectivity index (χ3v) is 2.97. The van der Waals surface area contributed by atoms with Crippen LogP contribution in [0.2, 0.25) is 0 Å². The lowest BCUT2D eigenvalue weighted by molar-refractivity contribution is 0.0656. The van der Waals surface area contributed by atoms with Crippen molar-refractivity contribution >= 4 is 5.97 Å². The average Bonchev–Trinajstić information content (AvgIpc) is 3.03. The first-order chi connectivity index (χ1) is 8.65. The highest BCUT2D eigenvalue weighted by Crippen LogP contribution is 2.28. The Morgan fingerprint density at radius 3 is 2.94 bits per heavy atom. The summed E-state index contributed by atoms with van der Waals surface area (Å²) in [6.45, 7) is 2.99. The highest BCUT2D eigenvalue weighted by atomic mass is 16.5. The van der Waals surface area contributed by atoms with Gasteiger partial charge in [0.2, 0.25) is 5.76 Å².